The van der Waals surface area contributed by atoms with Gasteiger partial charge in [-0.05, 0) is 36.2 Å². The minimum absolute atomic E-state index is 0. The van der Waals surface area contributed by atoms with Crippen LogP contribution in [0, 0.1) is 5.41 Å². The van der Waals surface area contributed by atoms with Gasteiger partial charge in [-0.1, -0.05) is 29.8 Å². The van der Waals surface area contributed by atoms with Crippen LogP contribution in [0.1, 0.15) is 24.2 Å². The zero-order valence-electron chi connectivity index (χ0n) is 13.5. The summed E-state index contributed by atoms with van der Waals surface area (Å²) in [5.74, 6) is -0.0510. The second-order valence-electron chi connectivity index (χ2n) is 6.18. The Balaban J connectivity index is 0.00000264. The number of aromatic nitrogens is 2. The molecule has 0 spiro atoms. The van der Waals surface area contributed by atoms with E-state index in [4.69, 9.17) is 5.73 Å². The van der Waals surface area contributed by atoms with Crippen LogP contribution in [-0.4, -0.2) is 40.7 Å². The van der Waals surface area contributed by atoms with Gasteiger partial charge in [-0.3, -0.25) is 4.79 Å². The highest BCUT2D eigenvalue weighted by Crippen LogP contribution is 2.17. The van der Waals surface area contributed by atoms with Crippen LogP contribution in [-0.2, 0) is 0 Å². The first-order valence-corrected chi connectivity index (χ1v) is 7.88. The van der Waals surface area contributed by atoms with Gasteiger partial charge in [0.1, 0.15) is 0 Å². The molecule has 0 unspecified atom stereocenters. The third-order valence-electron chi connectivity index (χ3n) is 3.49. The van der Waals surface area contributed by atoms with Crippen molar-refractivity contribution in [2.75, 3.05) is 20.1 Å². The molecule has 2 N–H and O–H groups in total. The highest BCUT2D eigenvalue weighted by atomic mass is 79.9. The van der Waals surface area contributed by atoms with Crippen molar-refractivity contribution < 1.29 is 4.79 Å². The number of nitrogens with two attached hydrogens (primary N) is 1. The van der Waals surface area contributed by atoms with Crippen molar-refractivity contribution in [3.63, 3.8) is 0 Å². The van der Waals surface area contributed by atoms with Crippen molar-refractivity contribution in [2.45, 2.75) is 13.8 Å². The third-order valence-corrected chi connectivity index (χ3v) is 4.01. The van der Waals surface area contributed by atoms with Crippen molar-refractivity contribution in [1.29, 1.82) is 0 Å². The fraction of sp³-hybridized carbons (Fsp3) is 0.375. The zero-order valence-corrected chi connectivity index (χ0v) is 15.9. The Morgan fingerprint density at radius 2 is 1.96 bits per heavy atom. The van der Waals surface area contributed by atoms with Gasteiger partial charge >= 0.3 is 0 Å². The molecule has 2 rings (SSSR count). The molecule has 0 aliphatic heterocycles. The molecular formula is C16H22BrClN4O. The van der Waals surface area contributed by atoms with Crippen molar-refractivity contribution in [3.8, 4) is 5.69 Å². The summed E-state index contributed by atoms with van der Waals surface area (Å²) in [7, 11) is 1.79. The van der Waals surface area contributed by atoms with E-state index >= 15 is 0 Å². The van der Waals surface area contributed by atoms with Crippen molar-refractivity contribution in [2.24, 2.45) is 11.1 Å². The average Bonchev–Trinajstić information content (AvgIpc) is 2.96. The lowest BCUT2D eigenvalue weighted by molar-refractivity contribution is 0.0740. The molecule has 0 fully saturated rings. The Bertz CT molecular complexity index is 654. The fourth-order valence-corrected chi connectivity index (χ4v) is 2.43. The molecule has 1 aromatic heterocycles. The molecule has 1 amide bonds. The Kier molecular flexibility index (Phi) is 6.80. The summed E-state index contributed by atoms with van der Waals surface area (Å²) in [4.78, 5) is 14.2. The summed E-state index contributed by atoms with van der Waals surface area (Å²) in [6.07, 6.45) is 3.34. The van der Waals surface area contributed by atoms with E-state index in [2.05, 4.69) is 21.0 Å². The first kappa shape index (κ1) is 19.7. The topological polar surface area (TPSA) is 64.2 Å². The first-order chi connectivity index (χ1) is 10.3. The Labute approximate surface area is 151 Å². The summed E-state index contributed by atoms with van der Waals surface area (Å²) in [5.41, 5.74) is 7.10. The number of halogens is 2. The predicted molar refractivity (Wildman–Crippen MR) is 98.3 cm³/mol. The number of carbonyl (C=O) groups excluding carboxylic acids is 1. The number of benzene rings is 1. The van der Waals surface area contributed by atoms with E-state index in [-0.39, 0.29) is 23.7 Å². The highest BCUT2D eigenvalue weighted by molar-refractivity contribution is 9.10. The van der Waals surface area contributed by atoms with Crippen molar-refractivity contribution in [1.82, 2.24) is 14.7 Å². The van der Waals surface area contributed by atoms with Gasteiger partial charge in [0.2, 0.25) is 0 Å². The molecule has 0 aliphatic rings. The molecule has 0 atom stereocenters. The molecule has 5 nitrogen and oxygen atoms in total. The zero-order chi connectivity index (χ0) is 16.3. The molecule has 0 saturated carbocycles. The van der Waals surface area contributed by atoms with Crippen LogP contribution in [0.4, 0.5) is 0 Å². The van der Waals surface area contributed by atoms with Gasteiger partial charge in [-0.2, -0.15) is 5.10 Å². The van der Waals surface area contributed by atoms with Crippen LogP contribution in [0.2, 0.25) is 0 Å². The predicted octanol–water partition coefficient (Wildman–Crippen LogP) is 3.11. The average molecular weight is 402 g/mol. The molecule has 126 valence electrons. The van der Waals surface area contributed by atoms with Crippen LogP contribution < -0.4 is 5.73 Å². The number of rotatable bonds is 5. The molecule has 7 heteroatoms. The summed E-state index contributed by atoms with van der Waals surface area (Å²) in [6, 6.07) is 7.75. The van der Waals surface area contributed by atoms with Crippen molar-refractivity contribution in [3.05, 3.63) is 46.7 Å². The number of carbonyl (C=O) groups is 1. The maximum absolute atomic E-state index is 12.5. The monoisotopic (exact) mass is 400 g/mol. The van der Waals surface area contributed by atoms with Gasteiger partial charge in [0.15, 0.2) is 0 Å². The molecule has 1 aromatic carbocycles. The fourth-order valence-electron chi connectivity index (χ4n) is 2.17. The molecule has 2 aromatic rings. The van der Waals surface area contributed by atoms with Crippen LogP contribution in [0.25, 0.3) is 5.69 Å². The molecular weight excluding hydrogens is 380 g/mol. The van der Waals surface area contributed by atoms with Gasteiger partial charge in [-0.15, -0.1) is 12.4 Å². The Morgan fingerprint density at radius 1 is 1.35 bits per heavy atom. The smallest absolute Gasteiger partial charge is 0.256 e. The van der Waals surface area contributed by atoms with E-state index in [9.17, 15) is 4.79 Å². The standard InChI is InChI=1S/C16H21BrN4O.ClH/c1-16(2,10-18)11-20(3)15(22)12-8-19-21(9-12)14-6-4-13(17)5-7-14;/h4-9H,10-11,18H2,1-3H3;1H. The highest BCUT2D eigenvalue weighted by Gasteiger charge is 2.22. The van der Waals surface area contributed by atoms with Crippen LogP contribution >= 0.6 is 28.3 Å². The van der Waals surface area contributed by atoms with E-state index in [0.717, 1.165) is 10.2 Å². The van der Waals surface area contributed by atoms with E-state index in [1.165, 1.54) is 0 Å². The minimum Gasteiger partial charge on any atom is -0.341 e. The van der Waals surface area contributed by atoms with Gasteiger partial charge < -0.3 is 10.6 Å². The maximum atomic E-state index is 12.5. The molecule has 0 aliphatic carbocycles. The lowest BCUT2D eigenvalue weighted by atomic mass is 9.93. The normalized spacial score (nSPS) is 11.0. The van der Waals surface area contributed by atoms with Gasteiger partial charge in [0.05, 0.1) is 17.4 Å². The number of nitrogens with zero attached hydrogens (tertiary/aromatic N) is 3. The maximum Gasteiger partial charge on any atom is 0.256 e. The molecule has 0 saturated heterocycles. The summed E-state index contributed by atoms with van der Waals surface area (Å²) in [5, 5.41) is 4.27. The minimum atomic E-state index is -0.105. The second-order valence-corrected chi connectivity index (χ2v) is 7.10. The van der Waals surface area contributed by atoms with Gasteiger partial charge in [0.25, 0.3) is 5.91 Å². The first-order valence-electron chi connectivity index (χ1n) is 7.08. The molecule has 0 bridgehead atoms. The lowest BCUT2D eigenvalue weighted by Crippen LogP contribution is -2.39. The van der Waals surface area contributed by atoms with Crippen LogP contribution in [0.15, 0.2) is 41.1 Å². The van der Waals surface area contributed by atoms with Crippen molar-refractivity contribution >= 4 is 34.2 Å². The van der Waals surface area contributed by atoms with Gasteiger partial charge in [-0.25, -0.2) is 4.68 Å². The Hall–Kier alpha value is -1.37. The van der Waals surface area contributed by atoms with Crippen LogP contribution in [0.5, 0.6) is 0 Å². The quantitative estimate of drug-likeness (QED) is 0.837. The Morgan fingerprint density at radius 3 is 2.52 bits per heavy atom. The van der Waals surface area contributed by atoms with Crippen LogP contribution in [0.3, 0.4) is 0 Å². The van der Waals surface area contributed by atoms with E-state index in [1.807, 2.05) is 38.1 Å². The molecule has 0 radical (unpaired) electrons. The summed E-state index contributed by atoms with van der Waals surface area (Å²) >= 11 is 3.40. The molecule has 1 heterocycles. The van der Waals surface area contributed by atoms with E-state index < -0.39 is 0 Å². The van der Waals surface area contributed by atoms with E-state index in [0.29, 0.717) is 18.7 Å². The SMILES string of the molecule is CN(CC(C)(C)CN)C(=O)c1cnn(-c2ccc(Br)cc2)c1.Cl. The number of hydrogen-bond donors (Lipinski definition) is 1. The summed E-state index contributed by atoms with van der Waals surface area (Å²) in [6.45, 7) is 5.22. The van der Waals surface area contributed by atoms with Gasteiger partial charge in [0, 0.05) is 24.3 Å². The largest absolute Gasteiger partial charge is 0.341 e. The lowest BCUT2D eigenvalue weighted by Gasteiger charge is -2.28. The summed E-state index contributed by atoms with van der Waals surface area (Å²) < 4.78 is 2.70. The number of hydrogen-bond acceptors (Lipinski definition) is 3. The van der Waals surface area contributed by atoms with E-state index in [1.54, 1.807) is 29.0 Å². The number of amides is 1. The second kappa shape index (κ2) is 7.95. The third kappa shape index (κ3) is 5.06. The molecule has 23 heavy (non-hydrogen) atoms.